The van der Waals surface area contributed by atoms with Crippen molar-refractivity contribution >= 4 is 76.8 Å². The first-order chi connectivity index (χ1) is 72.1. The van der Waals surface area contributed by atoms with Gasteiger partial charge in [0.15, 0.2) is 29.1 Å². The molecule has 0 radical (unpaired) electrons. The number of methoxy groups -OCH3 is 5. The number of rotatable bonds is 30. The molecule has 148 heavy (non-hydrogen) atoms. The molecule has 0 atom stereocenters. The highest BCUT2D eigenvalue weighted by molar-refractivity contribution is 7.13. The number of fused-ring (bicyclic) bond motifs is 6. The summed E-state index contributed by atoms with van der Waals surface area (Å²) in [6, 6.07) is 74.9. The van der Waals surface area contributed by atoms with Crippen LogP contribution in [0.15, 0.2) is 340 Å². The van der Waals surface area contributed by atoms with Crippen LogP contribution in [-0.4, -0.2) is 147 Å². The van der Waals surface area contributed by atoms with Crippen LogP contribution in [-0.2, 0) is 32.7 Å². The zero-order valence-corrected chi connectivity index (χ0v) is 80.4. The maximum Gasteiger partial charge on any atom is 0.266 e. The molecule has 0 unspecified atom stereocenters. The quantitative estimate of drug-likeness (QED) is 0.0323. The van der Waals surface area contributed by atoms with Crippen molar-refractivity contribution in [1.29, 1.82) is 0 Å². The predicted molar refractivity (Wildman–Crippen MR) is 548 cm³/mol. The maximum absolute atomic E-state index is 14.1. The number of thiophene rings is 1. The number of nitrogens with zero attached hydrogens (tertiary/aromatic N) is 15. The van der Waals surface area contributed by atoms with Crippen molar-refractivity contribution in [3.05, 3.63) is 402 Å². The van der Waals surface area contributed by atoms with Gasteiger partial charge < -0.3 is 52.4 Å². The summed E-state index contributed by atoms with van der Waals surface area (Å²) in [5.41, 5.74) is 6.85. The zero-order chi connectivity index (χ0) is 103. The van der Waals surface area contributed by atoms with Gasteiger partial charge in [0, 0.05) is 153 Å². The molecule has 9 aromatic carbocycles. The lowest BCUT2D eigenvalue weighted by Crippen LogP contribution is -2.25. The lowest BCUT2D eigenvalue weighted by molar-refractivity contribution is 0.291. The second-order valence-electron chi connectivity index (χ2n) is 32.2. The molecule has 31 nitrogen and oxygen atoms in total. The number of hydrogen-bond donors (Lipinski definition) is 1. The largest absolute Gasteiger partial charge is 0.497 e. The van der Waals surface area contributed by atoms with Gasteiger partial charge in [-0.1, -0.05) is 36.4 Å². The first kappa shape index (κ1) is 101. The van der Waals surface area contributed by atoms with Gasteiger partial charge in [-0.2, -0.15) is 25.5 Å². The van der Waals surface area contributed by atoms with Gasteiger partial charge in [0.2, 0.25) is 0 Å². The molecule has 38 heteroatoms. The van der Waals surface area contributed by atoms with E-state index in [1.165, 1.54) is 80.8 Å². The van der Waals surface area contributed by atoms with E-state index in [-0.39, 0.29) is 90.0 Å². The van der Waals surface area contributed by atoms with Crippen molar-refractivity contribution in [2.45, 2.75) is 32.7 Å². The summed E-state index contributed by atoms with van der Waals surface area (Å²) >= 11 is 1.59. The number of H-pyrrole nitrogens is 1. The Morgan fingerprint density at radius 2 is 0.615 bits per heavy atom. The van der Waals surface area contributed by atoms with Crippen molar-refractivity contribution < 1.29 is 73.7 Å². The molecule has 0 aliphatic carbocycles. The van der Waals surface area contributed by atoms with Crippen LogP contribution in [0.3, 0.4) is 0 Å². The second kappa shape index (κ2) is 47.4. The molecule has 12 aromatic heterocycles. The van der Waals surface area contributed by atoms with E-state index in [1.807, 2.05) is 127 Å². The Hall–Kier alpha value is -18.8. The van der Waals surface area contributed by atoms with Crippen LogP contribution >= 0.6 is 11.3 Å². The van der Waals surface area contributed by atoms with Gasteiger partial charge >= 0.3 is 0 Å². The first-order valence-electron chi connectivity index (χ1n) is 45.8. The number of pyridine rings is 5. The highest BCUT2D eigenvalue weighted by Crippen LogP contribution is 2.35. The van der Waals surface area contributed by atoms with Crippen LogP contribution in [0, 0.1) is 34.9 Å². The Bertz CT molecular complexity index is 8680. The Morgan fingerprint density at radius 1 is 0.284 bits per heavy atom. The van der Waals surface area contributed by atoms with Crippen molar-refractivity contribution in [3.8, 4) is 113 Å². The predicted octanol–water partition coefficient (Wildman–Crippen LogP) is 19.1. The molecule has 21 rings (SSSR count). The number of aromatic amines is 1. The van der Waals surface area contributed by atoms with Crippen LogP contribution < -0.4 is 75.2 Å². The minimum Gasteiger partial charge on any atom is -0.497 e. The lowest BCUT2D eigenvalue weighted by Gasteiger charge is -2.11. The van der Waals surface area contributed by atoms with Gasteiger partial charge in [-0.15, -0.1) is 11.3 Å². The Balaban J connectivity index is 0.000000126. The summed E-state index contributed by atoms with van der Waals surface area (Å²) in [6.45, 7) is 2.22. The van der Waals surface area contributed by atoms with E-state index >= 15 is 0 Å². The number of aromatic nitrogens is 16. The fourth-order valence-corrected chi connectivity index (χ4v) is 16.2. The van der Waals surface area contributed by atoms with Crippen molar-refractivity contribution in [2.24, 2.45) is 0 Å². The molecule has 21 aromatic rings. The third kappa shape index (κ3) is 24.4. The minimum absolute atomic E-state index is 0.0140. The number of benzene rings is 9. The Morgan fingerprint density at radius 3 is 0.980 bits per heavy atom. The molecule has 0 aliphatic heterocycles. The van der Waals surface area contributed by atoms with Crippen molar-refractivity contribution in [1.82, 2.24) is 78.8 Å². The van der Waals surface area contributed by atoms with Crippen LogP contribution in [0.1, 0.15) is 0 Å². The summed E-state index contributed by atoms with van der Waals surface area (Å²) in [4.78, 5) is 86.6. The summed E-state index contributed by atoms with van der Waals surface area (Å²) in [5, 5.41) is 28.8. The average molecular weight is 2020 g/mol. The average Bonchev–Trinajstić information content (AvgIpc) is 1.79. The fraction of sp³-hybridized carbons (Fsp3) is 0.136. The summed E-state index contributed by atoms with van der Waals surface area (Å²) < 4.78 is 144. The smallest absolute Gasteiger partial charge is 0.266 e. The summed E-state index contributed by atoms with van der Waals surface area (Å²) in [5.74, 6) is 0.173. The zero-order valence-electron chi connectivity index (χ0n) is 79.6. The van der Waals surface area contributed by atoms with E-state index in [2.05, 4.69) is 55.4 Å². The highest BCUT2D eigenvalue weighted by atomic mass is 32.1. The number of ether oxygens (including phenoxy) is 10. The van der Waals surface area contributed by atoms with Crippen LogP contribution in [0.4, 0.5) is 26.3 Å². The van der Waals surface area contributed by atoms with E-state index in [1.54, 1.807) is 151 Å². The molecule has 746 valence electrons. The first-order valence-corrected chi connectivity index (χ1v) is 46.7. The van der Waals surface area contributed by atoms with Gasteiger partial charge in [0.25, 0.3) is 27.8 Å². The van der Waals surface area contributed by atoms with Gasteiger partial charge in [0.1, 0.15) is 102 Å². The highest BCUT2D eigenvalue weighted by Gasteiger charge is 2.20. The van der Waals surface area contributed by atoms with E-state index in [9.17, 15) is 50.3 Å². The van der Waals surface area contributed by atoms with E-state index in [0.29, 0.717) is 94.6 Å². The monoisotopic (exact) mass is 2020 g/mol. The normalized spacial score (nSPS) is 10.9. The minimum atomic E-state index is -1.56. The van der Waals surface area contributed by atoms with E-state index in [4.69, 9.17) is 47.4 Å². The third-order valence-corrected chi connectivity index (χ3v) is 23.9. The maximum atomic E-state index is 14.1. The molecule has 12 heterocycles. The van der Waals surface area contributed by atoms with Crippen LogP contribution in [0.25, 0.3) is 121 Å². The molecule has 0 aliphatic rings. The summed E-state index contributed by atoms with van der Waals surface area (Å²) in [6.07, 6.45) is 10.2. The van der Waals surface area contributed by atoms with Gasteiger partial charge in [-0.3, -0.25) is 48.9 Å². The van der Waals surface area contributed by atoms with E-state index in [0.717, 1.165) is 115 Å². The van der Waals surface area contributed by atoms with Gasteiger partial charge in [0.05, 0.1) is 124 Å². The topological polar surface area (TPSA) is 347 Å². The molecule has 0 amide bonds. The molecule has 0 fully saturated rings. The molecule has 0 saturated heterocycles. The van der Waals surface area contributed by atoms with Gasteiger partial charge in [-0.25, -0.2) is 49.8 Å². The fourth-order valence-electron chi connectivity index (χ4n) is 15.5. The molecule has 1 N–H and O–H groups in total. The number of nitrogens with one attached hydrogen (secondary N) is 1. The molecule has 0 saturated carbocycles. The van der Waals surface area contributed by atoms with Crippen LogP contribution in [0.5, 0.6) is 57.5 Å². The Labute approximate surface area is 841 Å². The summed E-state index contributed by atoms with van der Waals surface area (Å²) in [7, 11) is 7.99. The number of hydrogen-bond acceptors (Lipinski definition) is 26. The molecular formula is C110H88F6N16O15S. The molecule has 0 bridgehead atoms. The SMILES string of the molecule is COc1ccc2c(OCCn3nc(-c4cc(F)c(F)c(F)c4)ccc3=O)ccnc2c1.COc1ccc2c(OCCn3nc(-c4ccc5cc[nH]c5c4)ccc3=O)ccnc2c1.COc1ccc2c(OCCn3nc(-c4cccc(F)c4F)ccc3=O)ccnc2c1.COc1ccc2c(OCCn3nc(-c4ccccc4F)ccc3=O)ccnc2c1.COc1ccc2c(OCCn3nc(-c4cccs4)ccc3=O)ccnc2c1. The lowest BCUT2D eigenvalue weighted by atomic mass is 10.1. The molecular weight excluding hydrogens is 1930 g/mol. The Kier molecular flexibility index (Phi) is 32.3. The van der Waals surface area contributed by atoms with E-state index < -0.39 is 34.6 Å². The third-order valence-electron chi connectivity index (χ3n) is 23.0. The van der Waals surface area contributed by atoms with Crippen molar-refractivity contribution in [2.75, 3.05) is 68.6 Å². The standard InChI is InChI=1S/C24H20N4O3.C22H16F3N3O3.C22H17F2N3O3.C22H18FN3O3.C20H17N3O3S/c1-30-18-4-5-19-22(15-18)26-11-9-23(19)31-13-12-28-24(29)7-6-20(27-28)17-3-2-16-8-10-25-21(16)14-17;1-30-14-2-3-15-19(12-14)26-7-6-20(15)31-9-8-28-21(29)5-4-18(27-28)13-10-16(23)22(25)17(24)11-13;1-29-14-5-6-15-19(13-14)25-10-9-20(15)30-12-11-27-21(28)8-7-18(26-27)16-3-2-4-17(23)22(16)24;1-28-15-6-7-17-20(14-15)24-11-10-21(17)29-13-12-26-22(27)9-8-19(25-26)16-4-2-3-5-18(16)23;1-25-14-4-5-15-17(13-14)21-9-8-18(15)26-11-10-23-20(24)7-6-16(22-23)19-3-2-12-27-19/h2-11,14-15,25H,12-13H2,1H3;2-7,10-12H,8-9H2,1H3;2-10,13H,11-12H2,1H3;2-11,14H,12-13H2,1H3;2-9,12-13H,10-11H2,1H3. The molecule has 0 spiro atoms. The van der Waals surface area contributed by atoms with Gasteiger partial charge in [-0.05, 0) is 187 Å². The second-order valence-corrected chi connectivity index (χ2v) is 33.1. The number of halogens is 6. The van der Waals surface area contributed by atoms with Crippen LogP contribution in [0.2, 0.25) is 0 Å². The van der Waals surface area contributed by atoms with Crippen molar-refractivity contribution in [3.63, 3.8) is 0 Å².